The number of nitrogens with zero attached hydrogens (tertiary/aromatic N) is 3. The standard InChI is InChI=1S/C18H21ClN4O3S/c1-21-5-7-22(8-6-21)17(13-4-9-27-12-13)11-20-18(24)15-3-2-14(23(25)26)10-16(15)19/h2-4,9-10,12,17H,5-8,11H2,1H3,(H,20,24). The molecule has 2 aromatic rings. The third-order valence-corrected chi connectivity index (χ3v) is 5.78. The summed E-state index contributed by atoms with van der Waals surface area (Å²) in [5.41, 5.74) is 1.29. The van der Waals surface area contributed by atoms with Crippen LogP contribution in [0.2, 0.25) is 5.02 Å². The monoisotopic (exact) mass is 408 g/mol. The molecule has 0 radical (unpaired) electrons. The van der Waals surface area contributed by atoms with Crippen molar-refractivity contribution in [1.29, 1.82) is 0 Å². The summed E-state index contributed by atoms with van der Waals surface area (Å²) in [6.07, 6.45) is 0. The number of thiophene rings is 1. The molecule has 1 aliphatic rings. The zero-order chi connectivity index (χ0) is 19.4. The Morgan fingerprint density at radius 2 is 2.07 bits per heavy atom. The lowest BCUT2D eigenvalue weighted by Gasteiger charge is -2.38. The van der Waals surface area contributed by atoms with Gasteiger partial charge in [-0.15, -0.1) is 0 Å². The van der Waals surface area contributed by atoms with E-state index >= 15 is 0 Å². The molecule has 1 aromatic heterocycles. The fourth-order valence-corrected chi connectivity index (χ4v) is 4.11. The summed E-state index contributed by atoms with van der Waals surface area (Å²) < 4.78 is 0. The average Bonchev–Trinajstić information content (AvgIpc) is 3.17. The molecule has 1 fully saturated rings. The van der Waals surface area contributed by atoms with E-state index in [1.54, 1.807) is 11.3 Å². The predicted octanol–water partition coefficient (Wildman–Crippen LogP) is 3.03. The topological polar surface area (TPSA) is 78.7 Å². The third-order valence-electron chi connectivity index (χ3n) is 4.77. The van der Waals surface area contributed by atoms with E-state index in [4.69, 9.17) is 11.6 Å². The van der Waals surface area contributed by atoms with Crippen LogP contribution in [-0.4, -0.2) is 60.4 Å². The van der Waals surface area contributed by atoms with Gasteiger partial charge >= 0.3 is 0 Å². The Bertz CT molecular complexity index is 807. The molecule has 9 heteroatoms. The van der Waals surface area contributed by atoms with Crippen LogP contribution in [0.25, 0.3) is 0 Å². The number of non-ortho nitro benzene ring substituents is 1. The summed E-state index contributed by atoms with van der Waals surface area (Å²) >= 11 is 7.70. The minimum absolute atomic E-state index is 0.0772. The molecule has 1 aromatic carbocycles. The molecular weight excluding hydrogens is 388 g/mol. The van der Waals surface area contributed by atoms with Crippen LogP contribution < -0.4 is 5.32 Å². The number of hydrogen-bond donors (Lipinski definition) is 1. The summed E-state index contributed by atoms with van der Waals surface area (Å²) in [5.74, 6) is -0.329. The normalized spacial score (nSPS) is 16.8. The zero-order valence-electron chi connectivity index (χ0n) is 14.9. The third kappa shape index (κ3) is 4.84. The lowest BCUT2D eigenvalue weighted by Crippen LogP contribution is -2.48. The lowest BCUT2D eigenvalue weighted by molar-refractivity contribution is -0.384. The van der Waals surface area contributed by atoms with Crippen LogP contribution in [0, 0.1) is 10.1 Å². The molecule has 144 valence electrons. The molecule has 2 heterocycles. The van der Waals surface area contributed by atoms with E-state index in [1.807, 2.05) is 5.38 Å². The second-order valence-corrected chi connectivity index (χ2v) is 7.73. The molecule has 0 bridgehead atoms. The molecule has 1 atom stereocenters. The van der Waals surface area contributed by atoms with Crippen LogP contribution in [0.3, 0.4) is 0 Å². The lowest BCUT2D eigenvalue weighted by atomic mass is 10.1. The van der Waals surface area contributed by atoms with Gasteiger partial charge in [0, 0.05) is 44.9 Å². The number of amides is 1. The number of likely N-dealkylation sites (N-methyl/N-ethyl adjacent to an activating group) is 1. The maximum Gasteiger partial charge on any atom is 0.270 e. The second kappa shape index (κ2) is 8.79. The van der Waals surface area contributed by atoms with E-state index in [-0.39, 0.29) is 28.2 Å². The van der Waals surface area contributed by atoms with Crippen molar-refractivity contribution in [2.24, 2.45) is 0 Å². The number of nitro groups is 1. The van der Waals surface area contributed by atoms with Crippen LogP contribution in [0.1, 0.15) is 22.0 Å². The van der Waals surface area contributed by atoms with Crippen LogP contribution in [0.4, 0.5) is 5.69 Å². The number of hydrogen-bond acceptors (Lipinski definition) is 6. The predicted molar refractivity (Wildman–Crippen MR) is 107 cm³/mol. The minimum atomic E-state index is -0.534. The largest absolute Gasteiger partial charge is 0.350 e. The highest BCUT2D eigenvalue weighted by Gasteiger charge is 2.25. The highest BCUT2D eigenvalue weighted by atomic mass is 35.5. The van der Waals surface area contributed by atoms with Crippen LogP contribution in [0.15, 0.2) is 35.0 Å². The number of nitrogens with one attached hydrogen (secondary N) is 1. The number of piperazine rings is 1. The molecule has 1 N–H and O–H groups in total. The van der Waals surface area contributed by atoms with Gasteiger partial charge in [-0.25, -0.2) is 0 Å². The van der Waals surface area contributed by atoms with Crippen molar-refractivity contribution in [3.05, 3.63) is 61.3 Å². The molecule has 1 saturated heterocycles. The van der Waals surface area contributed by atoms with Gasteiger partial charge in [-0.05, 0) is 35.5 Å². The summed E-state index contributed by atoms with van der Waals surface area (Å²) in [7, 11) is 2.11. The van der Waals surface area contributed by atoms with Crippen LogP contribution in [0.5, 0.6) is 0 Å². The fraction of sp³-hybridized carbons (Fsp3) is 0.389. The van der Waals surface area contributed by atoms with Gasteiger partial charge in [0.15, 0.2) is 0 Å². The van der Waals surface area contributed by atoms with Gasteiger partial charge in [0.2, 0.25) is 0 Å². The Hall–Kier alpha value is -2.00. The van der Waals surface area contributed by atoms with Crippen molar-refractivity contribution in [1.82, 2.24) is 15.1 Å². The van der Waals surface area contributed by atoms with E-state index in [1.165, 1.54) is 23.8 Å². The Balaban J connectivity index is 1.70. The van der Waals surface area contributed by atoms with E-state index in [0.717, 1.165) is 26.2 Å². The van der Waals surface area contributed by atoms with Gasteiger partial charge in [0.1, 0.15) is 0 Å². The molecule has 1 unspecified atom stereocenters. The van der Waals surface area contributed by atoms with Crippen molar-refractivity contribution in [3.63, 3.8) is 0 Å². The SMILES string of the molecule is CN1CCN(C(CNC(=O)c2ccc([N+](=O)[O-])cc2Cl)c2ccsc2)CC1. The van der Waals surface area contributed by atoms with Crippen molar-refractivity contribution >= 4 is 34.5 Å². The first kappa shape index (κ1) is 19.8. The van der Waals surface area contributed by atoms with Gasteiger partial charge in [0.05, 0.1) is 21.6 Å². The number of halogens is 1. The second-order valence-electron chi connectivity index (χ2n) is 6.54. The molecule has 0 aliphatic carbocycles. The summed E-state index contributed by atoms with van der Waals surface area (Å²) in [4.78, 5) is 27.5. The van der Waals surface area contributed by atoms with Crippen LogP contribution in [-0.2, 0) is 0 Å². The summed E-state index contributed by atoms with van der Waals surface area (Å²) in [5, 5.41) is 18.0. The van der Waals surface area contributed by atoms with Crippen molar-refractivity contribution < 1.29 is 9.72 Å². The fourth-order valence-electron chi connectivity index (χ4n) is 3.14. The Labute approximate surface area is 166 Å². The smallest absolute Gasteiger partial charge is 0.270 e. The maximum absolute atomic E-state index is 12.6. The first-order valence-electron chi connectivity index (χ1n) is 8.62. The molecule has 0 spiro atoms. The van der Waals surface area contributed by atoms with Gasteiger partial charge in [0.25, 0.3) is 11.6 Å². The Morgan fingerprint density at radius 1 is 1.33 bits per heavy atom. The first-order valence-corrected chi connectivity index (χ1v) is 9.94. The molecule has 1 amide bonds. The molecular formula is C18H21ClN4O3S. The summed E-state index contributed by atoms with van der Waals surface area (Å²) in [6.45, 7) is 4.30. The maximum atomic E-state index is 12.6. The molecule has 1 aliphatic heterocycles. The van der Waals surface area contributed by atoms with Crippen molar-refractivity contribution in [3.8, 4) is 0 Å². The molecule has 0 saturated carbocycles. The van der Waals surface area contributed by atoms with E-state index in [9.17, 15) is 14.9 Å². The first-order chi connectivity index (χ1) is 13.0. The average molecular weight is 409 g/mol. The zero-order valence-corrected chi connectivity index (χ0v) is 16.5. The van der Waals surface area contributed by atoms with Gasteiger partial charge in [-0.2, -0.15) is 11.3 Å². The quantitative estimate of drug-likeness (QED) is 0.587. The van der Waals surface area contributed by atoms with Gasteiger partial charge in [-0.3, -0.25) is 19.8 Å². The number of carbonyl (C=O) groups is 1. The minimum Gasteiger partial charge on any atom is -0.350 e. The Morgan fingerprint density at radius 3 is 2.67 bits per heavy atom. The van der Waals surface area contributed by atoms with Gasteiger partial charge < -0.3 is 10.2 Å². The van der Waals surface area contributed by atoms with Gasteiger partial charge in [-0.1, -0.05) is 11.6 Å². The van der Waals surface area contributed by atoms with Crippen LogP contribution >= 0.6 is 22.9 Å². The van der Waals surface area contributed by atoms with Crippen molar-refractivity contribution in [2.75, 3.05) is 39.8 Å². The highest BCUT2D eigenvalue weighted by Crippen LogP contribution is 2.25. The summed E-state index contributed by atoms with van der Waals surface area (Å²) in [6, 6.07) is 6.06. The number of nitro benzene ring substituents is 1. The molecule has 7 nitrogen and oxygen atoms in total. The number of benzene rings is 1. The highest BCUT2D eigenvalue weighted by molar-refractivity contribution is 7.08. The van der Waals surface area contributed by atoms with E-state index in [0.29, 0.717) is 6.54 Å². The number of rotatable bonds is 6. The Kier molecular flexibility index (Phi) is 6.43. The van der Waals surface area contributed by atoms with E-state index in [2.05, 4.69) is 33.6 Å². The van der Waals surface area contributed by atoms with E-state index < -0.39 is 4.92 Å². The number of carbonyl (C=O) groups excluding carboxylic acids is 1. The molecule has 3 rings (SSSR count). The van der Waals surface area contributed by atoms with Crippen molar-refractivity contribution in [2.45, 2.75) is 6.04 Å². The molecule has 27 heavy (non-hydrogen) atoms.